The number of hydrogen-bond donors (Lipinski definition) is 0. The second kappa shape index (κ2) is 6.06. The largest absolute Gasteiger partial charge is 0.372 e. The van der Waals surface area contributed by atoms with Crippen molar-refractivity contribution in [3.05, 3.63) is 47.3 Å². The van der Waals surface area contributed by atoms with Crippen molar-refractivity contribution < 1.29 is 9.53 Å². The van der Waals surface area contributed by atoms with Crippen LogP contribution in [0.1, 0.15) is 42.0 Å². The number of ether oxygens (including phenoxy) is 1. The van der Waals surface area contributed by atoms with Gasteiger partial charge in [-0.1, -0.05) is 18.2 Å². The van der Waals surface area contributed by atoms with Gasteiger partial charge < -0.3 is 9.64 Å². The molecule has 1 aromatic carbocycles. The van der Waals surface area contributed by atoms with Crippen LogP contribution in [0.25, 0.3) is 5.69 Å². The van der Waals surface area contributed by atoms with Gasteiger partial charge in [0.05, 0.1) is 17.9 Å². The topological polar surface area (TPSA) is 47.4 Å². The third kappa shape index (κ3) is 2.63. The lowest BCUT2D eigenvalue weighted by atomic mass is 10.1. The van der Waals surface area contributed by atoms with E-state index in [0.717, 1.165) is 30.5 Å². The molecule has 5 heteroatoms. The molecule has 0 bridgehead atoms. The Balaban J connectivity index is 1.70. The average molecular weight is 325 g/mol. The predicted octanol–water partition coefficient (Wildman–Crippen LogP) is 2.61. The molecular formula is C19H23N3O2. The molecule has 0 radical (unpaired) electrons. The second-order valence-electron chi connectivity index (χ2n) is 6.84. The van der Waals surface area contributed by atoms with Gasteiger partial charge in [-0.2, -0.15) is 5.10 Å². The molecular weight excluding hydrogens is 302 g/mol. The monoisotopic (exact) mass is 325 g/mol. The number of aromatic nitrogens is 2. The van der Waals surface area contributed by atoms with Crippen molar-refractivity contribution in [3.63, 3.8) is 0 Å². The zero-order chi connectivity index (χ0) is 16.7. The standard InChI is InChI=1S/C19H23N3O2/c1-13-11-21(12-14(2)24-13)19(23)18-16-9-6-10-17(16)22(20-18)15-7-4-3-5-8-15/h3-5,7-8,13-14H,6,9-12H2,1-2H3. The van der Waals surface area contributed by atoms with Gasteiger partial charge in [0.25, 0.3) is 5.91 Å². The van der Waals surface area contributed by atoms with Gasteiger partial charge in [-0.05, 0) is 45.2 Å². The second-order valence-corrected chi connectivity index (χ2v) is 6.84. The summed E-state index contributed by atoms with van der Waals surface area (Å²) in [5.74, 6) is 0.0461. The minimum atomic E-state index is 0.0461. The van der Waals surface area contributed by atoms with Crippen LogP contribution in [-0.2, 0) is 17.6 Å². The Bertz CT molecular complexity index is 743. The van der Waals surface area contributed by atoms with E-state index in [2.05, 4.69) is 0 Å². The zero-order valence-electron chi connectivity index (χ0n) is 14.2. The van der Waals surface area contributed by atoms with E-state index in [1.165, 1.54) is 5.69 Å². The van der Waals surface area contributed by atoms with Gasteiger partial charge in [-0.3, -0.25) is 4.79 Å². The fourth-order valence-electron chi connectivity index (χ4n) is 3.89. The maximum Gasteiger partial charge on any atom is 0.274 e. The zero-order valence-corrected chi connectivity index (χ0v) is 14.2. The summed E-state index contributed by atoms with van der Waals surface area (Å²) in [6.07, 6.45) is 3.17. The molecule has 5 nitrogen and oxygen atoms in total. The highest BCUT2D eigenvalue weighted by atomic mass is 16.5. The van der Waals surface area contributed by atoms with Crippen LogP contribution in [0.5, 0.6) is 0 Å². The quantitative estimate of drug-likeness (QED) is 0.853. The summed E-state index contributed by atoms with van der Waals surface area (Å²) < 4.78 is 7.71. The fraction of sp³-hybridized carbons (Fsp3) is 0.474. The maximum absolute atomic E-state index is 13.1. The van der Waals surface area contributed by atoms with Crippen molar-refractivity contribution >= 4 is 5.91 Å². The highest BCUT2D eigenvalue weighted by Gasteiger charge is 2.32. The van der Waals surface area contributed by atoms with Crippen molar-refractivity contribution in [3.8, 4) is 5.69 Å². The van der Waals surface area contributed by atoms with Crippen molar-refractivity contribution in [2.75, 3.05) is 13.1 Å². The van der Waals surface area contributed by atoms with E-state index in [1.807, 2.05) is 53.8 Å². The Morgan fingerprint density at radius 1 is 1.12 bits per heavy atom. The first-order chi connectivity index (χ1) is 11.6. The third-order valence-electron chi connectivity index (χ3n) is 4.84. The fourth-order valence-corrected chi connectivity index (χ4v) is 3.89. The lowest BCUT2D eigenvalue weighted by Gasteiger charge is -2.35. The van der Waals surface area contributed by atoms with Crippen LogP contribution in [0.4, 0.5) is 0 Å². The summed E-state index contributed by atoms with van der Waals surface area (Å²) in [6.45, 7) is 5.30. The molecule has 1 aromatic heterocycles. The van der Waals surface area contributed by atoms with E-state index in [0.29, 0.717) is 18.8 Å². The summed E-state index contributed by atoms with van der Waals surface area (Å²) in [5, 5.41) is 4.71. The summed E-state index contributed by atoms with van der Waals surface area (Å²) in [4.78, 5) is 15.0. The molecule has 2 aromatic rings. The van der Waals surface area contributed by atoms with Gasteiger partial charge in [0.1, 0.15) is 0 Å². The van der Waals surface area contributed by atoms with E-state index in [-0.39, 0.29) is 18.1 Å². The lowest BCUT2D eigenvalue weighted by molar-refractivity contribution is -0.0587. The number of benzene rings is 1. The van der Waals surface area contributed by atoms with Crippen molar-refractivity contribution in [1.29, 1.82) is 0 Å². The van der Waals surface area contributed by atoms with E-state index in [9.17, 15) is 4.79 Å². The van der Waals surface area contributed by atoms with Crippen molar-refractivity contribution in [2.45, 2.75) is 45.3 Å². The summed E-state index contributed by atoms with van der Waals surface area (Å²) in [6, 6.07) is 10.1. The number of para-hydroxylation sites is 1. The van der Waals surface area contributed by atoms with Crippen LogP contribution in [0, 0.1) is 0 Å². The Labute approximate surface area is 142 Å². The van der Waals surface area contributed by atoms with Gasteiger partial charge >= 0.3 is 0 Å². The Hall–Kier alpha value is -2.14. The van der Waals surface area contributed by atoms with Crippen LogP contribution >= 0.6 is 0 Å². The molecule has 24 heavy (non-hydrogen) atoms. The molecule has 0 saturated carbocycles. The van der Waals surface area contributed by atoms with Gasteiger partial charge in [-0.15, -0.1) is 0 Å². The number of hydrogen-bond acceptors (Lipinski definition) is 3. The SMILES string of the molecule is CC1CN(C(=O)c2nn(-c3ccccc3)c3c2CCC3)CC(C)O1. The number of nitrogens with zero attached hydrogens (tertiary/aromatic N) is 3. The maximum atomic E-state index is 13.1. The molecule has 0 N–H and O–H groups in total. The number of morpholine rings is 1. The molecule has 2 atom stereocenters. The molecule has 1 fully saturated rings. The van der Waals surface area contributed by atoms with Crippen LogP contribution in [0.3, 0.4) is 0 Å². The normalized spacial score (nSPS) is 23.3. The Kier molecular flexibility index (Phi) is 3.88. The van der Waals surface area contributed by atoms with Crippen LogP contribution in [0.2, 0.25) is 0 Å². The number of amides is 1. The number of rotatable bonds is 2. The molecule has 1 amide bonds. The molecule has 1 saturated heterocycles. The van der Waals surface area contributed by atoms with E-state index in [4.69, 9.17) is 9.84 Å². The average Bonchev–Trinajstić information content (AvgIpc) is 3.16. The van der Waals surface area contributed by atoms with Gasteiger partial charge in [-0.25, -0.2) is 4.68 Å². The summed E-state index contributed by atoms with van der Waals surface area (Å²) in [5.41, 5.74) is 3.99. The van der Waals surface area contributed by atoms with E-state index < -0.39 is 0 Å². The first-order valence-corrected chi connectivity index (χ1v) is 8.74. The lowest BCUT2D eigenvalue weighted by Crippen LogP contribution is -2.48. The Morgan fingerprint density at radius 3 is 2.54 bits per heavy atom. The highest BCUT2D eigenvalue weighted by molar-refractivity contribution is 5.94. The molecule has 1 aliphatic carbocycles. The van der Waals surface area contributed by atoms with Gasteiger partial charge in [0.2, 0.25) is 0 Å². The molecule has 2 heterocycles. The number of carbonyl (C=O) groups is 1. The number of fused-ring (bicyclic) bond motifs is 1. The van der Waals surface area contributed by atoms with Crippen LogP contribution < -0.4 is 0 Å². The molecule has 4 rings (SSSR count). The molecule has 1 aliphatic heterocycles. The first-order valence-electron chi connectivity index (χ1n) is 8.74. The predicted molar refractivity (Wildman–Crippen MR) is 91.5 cm³/mol. The van der Waals surface area contributed by atoms with Crippen molar-refractivity contribution in [2.24, 2.45) is 0 Å². The summed E-state index contributed by atoms with van der Waals surface area (Å²) >= 11 is 0. The summed E-state index contributed by atoms with van der Waals surface area (Å²) in [7, 11) is 0. The van der Waals surface area contributed by atoms with Gasteiger partial charge in [0.15, 0.2) is 5.69 Å². The minimum Gasteiger partial charge on any atom is -0.372 e. The number of carbonyl (C=O) groups excluding carboxylic acids is 1. The smallest absolute Gasteiger partial charge is 0.274 e. The highest BCUT2D eigenvalue weighted by Crippen LogP contribution is 2.29. The van der Waals surface area contributed by atoms with Gasteiger partial charge in [0, 0.05) is 24.3 Å². The first kappa shape index (κ1) is 15.4. The minimum absolute atomic E-state index is 0.0461. The molecule has 0 spiro atoms. The Morgan fingerprint density at radius 2 is 1.83 bits per heavy atom. The van der Waals surface area contributed by atoms with Crippen LogP contribution in [-0.4, -0.2) is 45.9 Å². The van der Waals surface area contributed by atoms with Crippen molar-refractivity contribution in [1.82, 2.24) is 14.7 Å². The molecule has 126 valence electrons. The van der Waals surface area contributed by atoms with E-state index in [1.54, 1.807) is 0 Å². The van der Waals surface area contributed by atoms with E-state index >= 15 is 0 Å². The molecule has 2 unspecified atom stereocenters. The van der Waals surface area contributed by atoms with Crippen LogP contribution in [0.15, 0.2) is 30.3 Å². The molecule has 2 aliphatic rings. The third-order valence-corrected chi connectivity index (χ3v) is 4.84.